The molecule has 0 saturated carbocycles. The zero-order chi connectivity index (χ0) is 14.9. The summed E-state index contributed by atoms with van der Waals surface area (Å²) in [6, 6.07) is 3.09. The number of pyridine rings is 1. The SMILES string of the molecule is CC1CC(C)C(C)N(C(=O)c2ccc(C(=O)O)cn2)C1. The number of piperidine rings is 1. The van der Waals surface area contributed by atoms with Gasteiger partial charge in [0.25, 0.3) is 5.91 Å². The molecule has 3 unspecified atom stereocenters. The van der Waals surface area contributed by atoms with E-state index in [1.165, 1.54) is 18.3 Å². The number of hydrogen-bond acceptors (Lipinski definition) is 3. The third kappa shape index (κ3) is 2.81. The molecule has 20 heavy (non-hydrogen) atoms. The fourth-order valence-corrected chi connectivity index (χ4v) is 2.78. The van der Waals surface area contributed by atoms with Crippen molar-refractivity contribution in [2.45, 2.75) is 33.2 Å². The van der Waals surface area contributed by atoms with E-state index in [1.54, 1.807) is 0 Å². The Bertz CT molecular complexity index is 512. The molecule has 1 aromatic rings. The predicted octanol–water partition coefficient (Wildman–Crippen LogP) is 2.29. The van der Waals surface area contributed by atoms with Gasteiger partial charge >= 0.3 is 5.97 Å². The van der Waals surface area contributed by atoms with Crippen LogP contribution in [0.3, 0.4) is 0 Å². The highest BCUT2D eigenvalue weighted by atomic mass is 16.4. The van der Waals surface area contributed by atoms with Crippen LogP contribution in [0.15, 0.2) is 18.3 Å². The maximum atomic E-state index is 12.5. The van der Waals surface area contributed by atoms with E-state index in [4.69, 9.17) is 5.11 Å². The third-order valence-electron chi connectivity index (χ3n) is 4.09. The van der Waals surface area contributed by atoms with Crippen LogP contribution in [0.2, 0.25) is 0 Å². The van der Waals surface area contributed by atoms with Gasteiger partial charge in [-0.25, -0.2) is 4.79 Å². The number of carboxylic acid groups (broad SMARTS) is 1. The minimum absolute atomic E-state index is 0.0926. The standard InChI is InChI=1S/C15H20N2O3/c1-9-6-10(2)11(3)17(8-9)14(18)13-5-4-12(7-16-13)15(19)20/h4-5,7,9-11H,6,8H2,1-3H3,(H,19,20). The highest BCUT2D eigenvalue weighted by Gasteiger charge is 2.32. The molecule has 1 fully saturated rings. The summed E-state index contributed by atoms with van der Waals surface area (Å²) in [6.07, 6.45) is 2.35. The highest BCUT2D eigenvalue weighted by Crippen LogP contribution is 2.27. The Hall–Kier alpha value is -1.91. The Morgan fingerprint density at radius 1 is 1.30 bits per heavy atom. The van der Waals surface area contributed by atoms with E-state index in [-0.39, 0.29) is 17.5 Å². The summed E-state index contributed by atoms with van der Waals surface area (Å²) in [6.45, 7) is 7.08. The molecule has 5 heteroatoms. The average molecular weight is 276 g/mol. The molecule has 1 aromatic heterocycles. The van der Waals surface area contributed by atoms with Crippen molar-refractivity contribution in [2.75, 3.05) is 6.54 Å². The number of carbonyl (C=O) groups is 2. The number of rotatable bonds is 2. The van der Waals surface area contributed by atoms with Crippen molar-refractivity contribution in [1.82, 2.24) is 9.88 Å². The Morgan fingerprint density at radius 3 is 2.55 bits per heavy atom. The second-order valence-electron chi connectivity index (χ2n) is 5.75. The van der Waals surface area contributed by atoms with Crippen molar-refractivity contribution in [1.29, 1.82) is 0 Å². The molecule has 1 saturated heterocycles. The molecule has 108 valence electrons. The van der Waals surface area contributed by atoms with Gasteiger partial charge in [0.05, 0.1) is 5.56 Å². The normalized spacial score (nSPS) is 26.4. The van der Waals surface area contributed by atoms with Crippen LogP contribution in [0.5, 0.6) is 0 Å². The van der Waals surface area contributed by atoms with Crippen LogP contribution >= 0.6 is 0 Å². The predicted molar refractivity (Wildman–Crippen MR) is 74.6 cm³/mol. The van der Waals surface area contributed by atoms with Gasteiger partial charge in [-0.2, -0.15) is 0 Å². The number of nitrogens with zero attached hydrogens (tertiary/aromatic N) is 2. The van der Waals surface area contributed by atoms with Gasteiger partial charge in [-0.05, 0) is 37.3 Å². The highest BCUT2D eigenvalue weighted by molar-refractivity contribution is 5.94. The van der Waals surface area contributed by atoms with E-state index < -0.39 is 5.97 Å². The quantitative estimate of drug-likeness (QED) is 0.899. The fraction of sp³-hybridized carbons (Fsp3) is 0.533. The summed E-state index contributed by atoms with van der Waals surface area (Å²) in [5.41, 5.74) is 0.401. The molecular weight excluding hydrogens is 256 g/mol. The lowest BCUT2D eigenvalue weighted by Gasteiger charge is -2.40. The van der Waals surface area contributed by atoms with Gasteiger partial charge < -0.3 is 10.0 Å². The Kier molecular flexibility index (Phi) is 4.06. The number of carboxylic acids is 1. The van der Waals surface area contributed by atoms with E-state index in [9.17, 15) is 9.59 Å². The maximum absolute atomic E-state index is 12.5. The molecule has 3 atom stereocenters. The first kappa shape index (κ1) is 14.5. The second-order valence-corrected chi connectivity index (χ2v) is 5.75. The minimum Gasteiger partial charge on any atom is -0.478 e. The van der Waals surface area contributed by atoms with E-state index in [2.05, 4.69) is 25.8 Å². The number of hydrogen-bond donors (Lipinski definition) is 1. The molecule has 2 heterocycles. The van der Waals surface area contributed by atoms with Crippen LogP contribution in [0.1, 0.15) is 48.0 Å². The number of amides is 1. The summed E-state index contributed by atoms with van der Waals surface area (Å²) < 4.78 is 0. The lowest BCUT2D eigenvalue weighted by atomic mass is 9.86. The number of aromatic nitrogens is 1. The van der Waals surface area contributed by atoms with Crippen molar-refractivity contribution in [3.05, 3.63) is 29.6 Å². The summed E-state index contributed by atoms with van der Waals surface area (Å²) in [7, 11) is 0. The van der Waals surface area contributed by atoms with Crippen molar-refractivity contribution in [3.63, 3.8) is 0 Å². The summed E-state index contributed by atoms with van der Waals surface area (Å²) in [5, 5.41) is 8.84. The van der Waals surface area contributed by atoms with Gasteiger partial charge in [0.15, 0.2) is 0 Å². The smallest absolute Gasteiger partial charge is 0.337 e. The third-order valence-corrected chi connectivity index (χ3v) is 4.09. The van der Waals surface area contributed by atoms with Crippen molar-refractivity contribution in [3.8, 4) is 0 Å². The van der Waals surface area contributed by atoms with Crippen molar-refractivity contribution >= 4 is 11.9 Å². The molecule has 0 spiro atoms. The fourth-order valence-electron chi connectivity index (χ4n) is 2.78. The van der Waals surface area contributed by atoms with E-state index in [0.29, 0.717) is 17.5 Å². The maximum Gasteiger partial charge on any atom is 0.337 e. The van der Waals surface area contributed by atoms with Gasteiger partial charge in [-0.3, -0.25) is 9.78 Å². The first-order valence-corrected chi connectivity index (χ1v) is 6.90. The Morgan fingerprint density at radius 2 is 2.00 bits per heavy atom. The molecule has 0 bridgehead atoms. The molecule has 0 aliphatic carbocycles. The zero-order valence-electron chi connectivity index (χ0n) is 12.0. The molecule has 1 aliphatic heterocycles. The van der Waals surface area contributed by atoms with Gasteiger partial charge in [0, 0.05) is 18.8 Å². The molecule has 2 rings (SSSR count). The number of aromatic carboxylic acids is 1. The second kappa shape index (κ2) is 5.61. The largest absolute Gasteiger partial charge is 0.478 e. The molecule has 1 N–H and O–H groups in total. The molecular formula is C15H20N2O3. The van der Waals surface area contributed by atoms with E-state index in [1.807, 2.05) is 4.90 Å². The topological polar surface area (TPSA) is 70.5 Å². The van der Waals surface area contributed by atoms with Crippen LogP contribution in [0.25, 0.3) is 0 Å². The first-order valence-electron chi connectivity index (χ1n) is 6.90. The minimum atomic E-state index is -1.04. The first-order chi connectivity index (χ1) is 9.40. The van der Waals surface area contributed by atoms with Gasteiger partial charge in [0.1, 0.15) is 5.69 Å². The molecule has 0 radical (unpaired) electrons. The Balaban J connectivity index is 2.19. The van der Waals surface area contributed by atoms with Gasteiger partial charge in [-0.15, -0.1) is 0 Å². The number of likely N-dealkylation sites (tertiary alicyclic amines) is 1. The lowest BCUT2D eigenvalue weighted by molar-refractivity contribution is 0.0449. The molecule has 5 nitrogen and oxygen atoms in total. The Labute approximate surface area is 118 Å². The van der Waals surface area contributed by atoms with Crippen molar-refractivity contribution < 1.29 is 14.7 Å². The summed E-state index contributed by atoms with van der Waals surface area (Å²) in [4.78, 5) is 29.1. The molecule has 1 amide bonds. The van der Waals surface area contributed by atoms with Crippen LogP contribution in [0, 0.1) is 11.8 Å². The van der Waals surface area contributed by atoms with Gasteiger partial charge in [-0.1, -0.05) is 13.8 Å². The average Bonchev–Trinajstić information content (AvgIpc) is 2.42. The van der Waals surface area contributed by atoms with Crippen LogP contribution in [-0.4, -0.2) is 39.5 Å². The van der Waals surface area contributed by atoms with Crippen molar-refractivity contribution in [2.24, 2.45) is 11.8 Å². The van der Waals surface area contributed by atoms with Crippen LogP contribution in [-0.2, 0) is 0 Å². The lowest BCUT2D eigenvalue weighted by Crippen LogP contribution is -2.49. The number of carbonyl (C=O) groups excluding carboxylic acids is 1. The zero-order valence-corrected chi connectivity index (χ0v) is 12.0. The van der Waals surface area contributed by atoms with Crippen LogP contribution in [0.4, 0.5) is 0 Å². The molecule has 0 aromatic carbocycles. The monoisotopic (exact) mass is 276 g/mol. The van der Waals surface area contributed by atoms with E-state index in [0.717, 1.165) is 13.0 Å². The summed E-state index contributed by atoms with van der Waals surface area (Å²) in [5.74, 6) is -0.220. The summed E-state index contributed by atoms with van der Waals surface area (Å²) >= 11 is 0. The van der Waals surface area contributed by atoms with E-state index >= 15 is 0 Å². The van der Waals surface area contributed by atoms with Gasteiger partial charge in [0.2, 0.25) is 0 Å². The van der Waals surface area contributed by atoms with Crippen LogP contribution < -0.4 is 0 Å². The molecule has 1 aliphatic rings.